The first-order chi connectivity index (χ1) is 9.34. The molecule has 20 heavy (non-hydrogen) atoms. The Balaban J connectivity index is 4.74. The van der Waals surface area contributed by atoms with Crippen LogP contribution < -0.4 is 5.32 Å². The lowest BCUT2D eigenvalue weighted by Gasteiger charge is -2.36. The first-order valence-electron chi connectivity index (χ1n) is 8.06. The number of nitrogens with one attached hydrogen (secondary N) is 1. The summed E-state index contributed by atoms with van der Waals surface area (Å²) in [5.41, 5.74) is -0.838. The van der Waals surface area contributed by atoms with E-state index in [0.717, 1.165) is 13.1 Å². The van der Waals surface area contributed by atoms with Gasteiger partial charge >= 0.3 is 5.97 Å². The van der Waals surface area contributed by atoms with E-state index in [1.807, 2.05) is 6.92 Å². The first kappa shape index (κ1) is 19.4. The summed E-state index contributed by atoms with van der Waals surface area (Å²) in [6.07, 6.45) is 3.00. The fourth-order valence-electron chi connectivity index (χ4n) is 2.84. The highest BCUT2D eigenvalue weighted by Crippen LogP contribution is 2.19. The maximum Gasteiger partial charge on any atom is 0.323 e. The van der Waals surface area contributed by atoms with Crippen molar-refractivity contribution in [2.24, 2.45) is 5.92 Å². The van der Waals surface area contributed by atoms with Crippen LogP contribution in [-0.4, -0.2) is 47.2 Å². The third kappa shape index (κ3) is 5.80. The Hall–Kier alpha value is -0.610. The predicted molar refractivity (Wildman–Crippen MR) is 85.1 cm³/mol. The normalized spacial score (nSPS) is 16.4. The van der Waals surface area contributed by atoms with Crippen LogP contribution in [0.5, 0.6) is 0 Å². The number of aliphatic carboxylic acids is 1. The number of rotatable bonds is 11. The second kappa shape index (κ2) is 9.35. The number of hydrogen-bond acceptors (Lipinski definition) is 3. The molecule has 0 saturated carbocycles. The summed E-state index contributed by atoms with van der Waals surface area (Å²) in [6.45, 7) is 15.2. The minimum atomic E-state index is -0.838. The van der Waals surface area contributed by atoms with E-state index in [0.29, 0.717) is 18.9 Å². The van der Waals surface area contributed by atoms with Gasteiger partial charge in [0, 0.05) is 12.6 Å². The van der Waals surface area contributed by atoms with Crippen LogP contribution in [0.3, 0.4) is 0 Å². The Morgan fingerprint density at radius 2 is 1.80 bits per heavy atom. The molecule has 4 nitrogen and oxygen atoms in total. The summed E-state index contributed by atoms with van der Waals surface area (Å²) in [4.78, 5) is 13.9. The highest BCUT2D eigenvalue weighted by molar-refractivity contribution is 5.78. The van der Waals surface area contributed by atoms with Gasteiger partial charge in [-0.15, -0.1) is 0 Å². The third-order valence-electron chi connectivity index (χ3n) is 4.42. The van der Waals surface area contributed by atoms with E-state index in [4.69, 9.17) is 0 Å². The molecule has 120 valence electrons. The van der Waals surface area contributed by atoms with Crippen molar-refractivity contribution in [2.75, 3.05) is 19.6 Å². The van der Waals surface area contributed by atoms with E-state index in [1.165, 1.54) is 12.8 Å². The molecular weight excluding hydrogens is 252 g/mol. The fraction of sp³-hybridized carbons (Fsp3) is 0.938. The van der Waals surface area contributed by atoms with Crippen LogP contribution in [0.4, 0.5) is 0 Å². The zero-order valence-corrected chi connectivity index (χ0v) is 14.2. The molecule has 0 radical (unpaired) electrons. The van der Waals surface area contributed by atoms with Crippen molar-refractivity contribution < 1.29 is 9.90 Å². The number of likely N-dealkylation sites (N-methyl/N-ethyl adjacent to an activating group) is 1. The average molecular weight is 286 g/mol. The van der Waals surface area contributed by atoms with Gasteiger partial charge in [0.25, 0.3) is 0 Å². The highest BCUT2D eigenvalue weighted by Gasteiger charge is 2.35. The molecule has 2 unspecified atom stereocenters. The van der Waals surface area contributed by atoms with Crippen LogP contribution in [0.1, 0.15) is 60.8 Å². The van der Waals surface area contributed by atoms with Gasteiger partial charge in [0.2, 0.25) is 0 Å². The van der Waals surface area contributed by atoms with Gasteiger partial charge in [0.05, 0.1) is 0 Å². The van der Waals surface area contributed by atoms with Gasteiger partial charge in [-0.1, -0.05) is 40.5 Å². The van der Waals surface area contributed by atoms with Crippen molar-refractivity contribution >= 4 is 5.97 Å². The SMILES string of the molecule is CCNC(C)(CC(C)N(CC)CC(CC)CC)C(=O)O. The smallest absolute Gasteiger partial charge is 0.323 e. The van der Waals surface area contributed by atoms with Crippen molar-refractivity contribution in [1.29, 1.82) is 0 Å². The molecule has 0 fully saturated rings. The lowest BCUT2D eigenvalue weighted by atomic mass is 9.92. The molecule has 0 saturated heterocycles. The molecule has 0 aliphatic heterocycles. The van der Waals surface area contributed by atoms with Gasteiger partial charge in [-0.05, 0) is 39.3 Å². The summed E-state index contributed by atoms with van der Waals surface area (Å²) in [5, 5.41) is 12.6. The minimum absolute atomic E-state index is 0.265. The van der Waals surface area contributed by atoms with Crippen molar-refractivity contribution in [3.05, 3.63) is 0 Å². The molecule has 2 N–H and O–H groups in total. The molecule has 0 aliphatic carbocycles. The van der Waals surface area contributed by atoms with E-state index < -0.39 is 11.5 Å². The molecule has 0 aromatic rings. The van der Waals surface area contributed by atoms with Crippen LogP contribution in [0.2, 0.25) is 0 Å². The van der Waals surface area contributed by atoms with Crippen LogP contribution in [0, 0.1) is 5.92 Å². The summed E-state index contributed by atoms with van der Waals surface area (Å²) in [6, 6.07) is 0.265. The maximum absolute atomic E-state index is 11.5. The quantitative estimate of drug-likeness (QED) is 0.613. The molecular formula is C16H34N2O2. The second-order valence-corrected chi connectivity index (χ2v) is 5.99. The van der Waals surface area contributed by atoms with E-state index in [1.54, 1.807) is 6.92 Å². The molecule has 0 aromatic carbocycles. The topological polar surface area (TPSA) is 52.6 Å². The zero-order valence-electron chi connectivity index (χ0n) is 14.2. The summed E-state index contributed by atoms with van der Waals surface area (Å²) < 4.78 is 0. The number of hydrogen-bond donors (Lipinski definition) is 2. The van der Waals surface area contributed by atoms with Crippen LogP contribution in [-0.2, 0) is 4.79 Å². The van der Waals surface area contributed by atoms with Gasteiger partial charge in [-0.25, -0.2) is 0 Å². The van der Waals surface area contributed by atoms with Gasteiger partial charge in [0.1, 0.15) is 5.54 Å². The van der Waals surface area contributed by atoms with Crippen molar-refractivity contribution in [3.63, 3.8) is 0 Å². The number of carboxylic acid groups (broad SMARTS) is 1. The Labute approximate surface area is 124 Å². The highest BCUT2D eigenvalue weighted by atomic mass is 16.4. The van der Waals surface area contributed by atoms with Gasteiger partial charge in [-0.3, -0.25) is 4.79 Å². The first-order valence-corrected chi connectivity index (χ1v) is 8.06. The van der Waals surface area contributed by atoms with Crippen molar-refractivity contribution in [1.82, 2.24) is 10.2 Å². The predicted octanol–water partition coefficient (Wildman–Crippen LogP) is 2.98. The van der Waals surface area contributed by atoms with Crippen LogP contribution in [0.25, 0.3) is 0 Å². The maximum atomic E-state index is 11.5. The minimum Gasteiger partial charge on any atom is -0.480 e. The molecule has 0 heterocycles. The molecule has 4 heteroatoms. The molecule has 0 aromatic heterocycles. The van der Waals surface area contributed by atoms with E-state index in [9.17, 15) is 9.90 Å². The van der Waals surface area contributed by atoms with E-state index in [-0.39, 0.29) is 6.04 Å². The van der Waals surface area contributed by atoms with Crippen molar-refractivity contribution in [3.8, 4) is 0 Å². The number of carboxylic acids is 1. The Kier molecular flexibility index (Phi) is 9.06. The number of nitrogens with zero attached hydrogens (tertiary/aromatic N) is 1. The molecule has 2 atom stereocenters. The van der Waals surface area contributed by atoms with Crippen molar-refractivity contribution in [2.45, 2.75) is 72.4 Å². The summed E-state index contributed by atoms with van der Waals surface area (Å²) in [5.74, 6) is -0.0580. The van der Waals surface area contributed by atoms with Gasteiger partial charge < -0.3 is 15.3 Å². The van der Waals surface area contributed by atoms with E-state index in [2.05, 4.69) is 37.9 Å². The third-order valence-corrected chi connectivity index (χ3v) is 4.42. The molecule has 0 rings (SSSR count). The summed E-state index contributed by atoms with van der Waals surface area (Å²) >= 11 is 0. The number of carbonyl (C=O) groups is 1. The van der Waals surface area contributed by atoms with Crippen LogP contribution >= 0.6 is 0 Å². The Bertz CT molecular complexity index is 280. The van der Waals surface area contributed by atoms with Gasteiger partial charge in [-0.2, -0.15) is 0 Å². The lowest BCUT2D eigenvalue weighted by molar-refractivity contribution is -0.145. The monoisotopic (exact) mass is 286 g/mol. The zero-order chi connectivity index (χ0) is 15.8. The van der Waals surface area contributed by atoms with Gasteiger partial charge in [0.15, 0.2) is 0 Å². The standard InChI is InChI=1S/C16H34N2O2/c1-7-14(8-2)12-18(10-4)13(5)11-16(6,15(19)20)17-9-3/h13-14,17H,7-12H2,1-6H3,(H,19,20). The van der Waals surface area contributed by atoms with Crippen LogP contribution in [0.15, 0.2) is 0 Å². The molecule has 0 bridgehead atoms. The molecule has 0 amide bonds. The Morgan fingerprint density at radius 3 is 2.15 bits per heavy atom. The summed E-state index contributed by atoms with van der Waals surface area (Å²) in [7, 11) is 0. The molecule has 0 aliphatic rings. The fourth-order valence-corrected chi connectivity index (χ4v) is 2.84. The average Bonchev–Trinajstić information content (AvgIpc) is 2.40. The second-order valence-electron chi connectivity index (χ2n) is 5.99. The molecule has 0 spiro atoms. The largest absolute Gasteiger partial charge is 0.480 e. The lowest BCUT2D eigenvalue weighted by Crippen LogP contribution is -2.53. The Morgan fingerprint density at radius 1 is 1.25 bits per heavy atom. The van der Waals surface area contributed by atoms with E-state index >= 15 is 0 Å².